The molecule has 0 aliphatic heterocycles. The fourth-order valence-corrected chi connectivity index (χ4v) is 2.20. The summed E-state index contributed by atoms with van der Waals surface area (Å²) in [4.78, 5) is 7.59. The Bertz CT molecular complexity index is 251. The Morgan fingerprint density at radius 3 is 2.67 bits per heavy atom. The zero-order valence-corrected chi connectivity index (χ0v) is 8.60. The van der Waals surface area contributed by atoms with Crippen LogP contribution in [0.2, 0.25) is 0 Å². The van der Waals surface area contributed by atoms with E-state index in [1.807, 2.05) is 6.20 Å². The molecule has 0 unspecified atom stereocenters. The molecule has 0 radical (unpaired) electrons. The minimum absolute atomic E-state index is 0.685. The number of aromatic nitrogens is 2. The van der Waals surface area contributed by atoms with Crippen LogP contribution in [-0.4, -0.2) is 9.97 Å². The molecule has 0 spiro atoms. The van der Waals surface area contributed by atoms with Crippen LogP contribution in [-0.2, 0) is 0 Å². The number of H-pyrrole nitrogens is 1. The van der Waals surface area contributed by atoms with Gasteiger partial charge in [0.1, 0.15) is 10.4 Å². The van der Waals surface area contributed by atoms with E-state index in [1.165, 1.54) is 37.9 Å². The summed E-state index contributed by atoms with van der Waals surface area (Å²) in [6.07, 6.45) is 8.59. The number of aromatic amines is 1. The van der Waals surface area contributed by atoms with Crippen LogP contribution in [0.25, 0.3) is 0 Å². The van der Waals surface area contributed by atoms with Crippen molar-refractivity contribution in [3.8, 4) is 0 Å². The van der Waals surface area contributed by atoms with Gasteiger partial charge in [0.05, 0.1) is 6.20 Å². The third kappa shape index (κ3) is 1.71. The highest BCUT2D eigenvalue weighted by Gasteiger charge is 2.17. The molecule has 1 aromatic heterocycles. The number of nitrogens with one attached hydrogen (secondary N) is 1. The smallest absolute Gasteiger partial charge is 0.110 e. The van der Waals surface area contributed by atoms with Crippen molar-refractivity contribution >= 4 is 15.9 Å². The van der Waals surface area contributed by atoms with Crippen molar-refractivity contribution in [2.75, 3.05) is 0 Å². The fraction of sp³-hybridized carbons (Fsp3) is 0.667. The summed E-state index contributed by atoms with van der Waals surface area (Å²) in [6, 6.07) is 0. The molecule has 12 heavy (non-hydrogen) atoms. The van der Waals surface area contributed by atoms with Crippen LogP contribution in [0.4, 0.5) is 0 Å². The second-order valence-corrected chi connectivity index (χ2v) is 4.31. The Kier molecular flexibility index (Phi) is 2.49. The first-order valence-electron chi connectivity index (χ1n) is 4.56. The van der Waals surface area contributed by atoms with Gasteiger partial charge in [-0.2, -0.15) is 0 Å². The maximum absolute atomic E-state index is 4.34. The molecule has 66 valence electrons. The molecule has 0 saturated heterocycles. The van der Waals surface area contributed by atoms with E-state index >= 15 is 0 Å². The number of halogens is 1. The highest BCUT2D eigenvalue weighted by atomic mass is 79.9. The zero-order valence-electron chi connectivity index (χ0n) is 7.02. The monoisotopic (exact) mass is 228 g/mol. The Labute approximate surface area is 80.9 Å². The molecular weight excluding hydrogens is 216 g/mol. The lowest BCUT2D eigenvalue weighted by atomic mass is 9.89. The Morgan fingerprint density at radius 1 is 1.33 bits per heavy atom. The number of nitrogens with zero attached hydrogens (tertiary/aromatic N) is 1. The van der Waals surface area contributed by atoms with Gasteiger partial charge in [0.2, 0.25) is 0 Å². The summed E-state index contributed by atoms with van der Waals surface area (Å²) in [6.45, 7) is 0. The van der Waals surface area contributed by atoms with E-state index in [2.05, 4.69) is 25.9 Å². The van der Waals surface area contributed by atoms with Gasteiger partial charge in [-0.25, -0.2) is 4.98 Å². The molecule has 2 nitrogen and oxygen atoms in total. The van der Waals surface area contributed by atoms with Crippen LogP contribution in [0, 0.1) is 0 Å². The van der Waals surface area contributed by atoms with E-state index in [-0.39, 0.29) is 0 Å². The van der Waals surface area contributed by atoms with Crippen LogP contribution >= 0.6 is 15.9 Å². The van der Waals surface area contributed by atoms with E-state index in [0.29, 0.717) is 5.92 Å². The van der Waals surface area contributed by atoms with E-state index in [1.54, 1.807) is 0 Å². The van der Waals surface area contributed by atoms with Crippen LogP contribution in [0.3, 0.4) is 0 Å². The summed E-state index contributed by atoms with van der Waals surface area (Å²) >= 11 is 3.38. The van der Waals surface area contributed by atoms with Crippen LogP contribution in [0.1, 0.15) is 43.8 Å². The van der Waals surface area contributed by atoms with E-state index in [4.69, 9.17) is 0 Å². The van der Waals surface area contributed by atoms with Crippen molar-refractivity contribution in [3.05, 3.63) is 16.6 Å². The van der Waals surface area contributed by atoms with Gasteiger partial charge in [-0.15, -0.1) is 0 Å². The molecule has 1 aromatic rings. The fourth-order valence-electron chi connectivity index (χ4n) is 1.90. The van der Waals surface area contributed by atoms with Gasteiger partial charge in [-0.1, -0.05) is 19.3 Å². The van der Waals surface area contributed by atoms with Crippen molar-refractivity contribution in [2.45, 2.75) is 38.0 Å². The molecule has 1 saturated carbocycles. The van der Waals surface area contributed by atoms with E-state index in [0.717, 1.165) is 4.60 Å². The van der Waals surface area contributed by atoms with E-state index < -0.39 is 0 Å². The molecule has 1 aliphatic rings. The quantitative estimate of drug-likeness (QED) is 0.786. The largest absolute Gasteiger partial charge is 0.337 e. The summed E-state index contributed by atoms with van der Waals surface area (Å²) in [7, 11) is 0. The maximum Gasteiger partial charge on any atom is 0.110 e. The molecule has 0 amide bonds. The van der Waals surface area contributed by atoms with Crippen LogP contribution < -0.4 is 0 Å². The lowest BCUT2D eigenvalue weighted by Crippen LogP contribution is -2.05. The summed E-state index contributed by atoms with van der Waals surface area (Å²) in [5, 5.41) is 0. The molecule has 0 atom stereocenters. The van der Waals surface area contributed by atoms with Crippen molar-refractivity contribution in [1.29, 1.82) is 0 Å². The normalized spacial score (nSPS) is 19.8. The second kappa shape index (κ2) is 3.60. The highest BCUT2D eigenvalue weighted by Crippen LogP contribution is 2.31. The SMILES string of the molecule is Brc1cnc(C2CCCCC2)[nH]1. The molecule has 0 bridgehead atoms. The zero-order chi connectivity index (χ0) is 8.39. The van der Waals surface area contributed by atoms with Gasteiger partial charge >= 0.3 is 0 Å². The first kappa shape index (κ1) is 8.30. The lowest BCUT2D eigenvalue weighted by Gasteiger charge is -2.18. The first-order chi connectivity index (χ1) is 5.86. The average Bonchev–Trinajstić information content (AvgIpc) is 2.54. The van der Waals surface area contributed by atoms with Gasteiger partial charge in [-0.3, -0.25) is 0 Å². The summed E-state index contributed by atoms with van der Waals surface area (Å²) < 4.78 is 1.00. The first-order valence-corrected chi connectivity index (χ1v) is 5.36. The number of hydrogen-bond acceptors (Lipinski definition) is 1. The number of rotatable bonds is 1. The molecule has 1 N–H and O–H groups in total. The number of hydrogen-bond donors (Lipinski definition) is 1. The molecular formula is C9H13BrN2. The summed E-state index contributed by atoms with van der Waals surface area (Å²) in [5.41, 5.74) is 0. The van der Waals surface area contributed by atoms with E-state index in [9.17, 15) is 0 Å². The minimum atomic E-state index is 0.685. The maximum atomic E-state index is 4.34. The van der Waals surface area contributed by atoms with Crippen molar-refractivity contribution in [1.82, 2.24) is 9.97 Å². The highest BCUT2D eigenvalue weighted by molar-refractivity contribution is 9.10. The number of imidazole rings is 1. The Morgan fingerprint density at radius 2 is 2.08 bits per heavy atom. The average molecular weight is 229 g/mol. The molecule has 0 aromatic carbocycles. The Hall–Kier alpha value is -0.310. The lowest BCUT2D eigenvalue weighted by molar-refractivity contribution is 0.430. The van der Waals surface area contributed by atoms with Gasteiger partial charge < -0.3 is 4.98 Å². The van der Waals surface area contributed by atoms with Crippen molar-refractivity contribution in [2.24, 2.45) is 0 Å². The second-order valence-electron chi connectivity index (χ2n) is 3.45. The van der Waals surface area contributed by atoms with Gasteiger partial charge in [0.15, 0.2) is 0 Å². The van der Waals surface area contributed by atoms with Crippen LogP contribution in [0.5, 0.6) is 0 Å². The molecule has 3 heteroatoms. The van der Waals surface area contributed by atoms with Crippen molar-refractivity contribution < 1.29 is 0 Å². The molecule has 1 fully saturated rings. The molecule has 1 heterocycles. The van der Waals surface area contributed by atoms with Gasteiger partial charge in [0, 0.05) is 5.92 Å². The third-order valence-electron chi connectivity index (χ3n) is 2.56. The third-order valence-corrected chi connectivity index (χ3v) is 2.96. The van der Waals surface area contributed by atoms with Crippen molar-refractivity contribution in [3.63, 3.8) is 0 Å². The molecule has 2 rings (SSSR count). The topological polar surface area (TPSA) is 28.7 Å². The Balaban J connectivity index is 2.08. The van der Waals surface area contributed by atoms with Gasteiger partial charge in [0.25, 0.3) is 0 Å². The molecule has 1 aliphatic carbocycles. The summed E-state index contributed by atoms with van der Waals surface area (Å²) in [5.74, 6) is 1.85. The predicted octanol–water partition coefficient (Wildman–Crippen LogP) is 3.22. The predicted molar refractivity (Wildman–Crippen MR) is 52.1 cm³/mol. The standard InChI is InChI=1S/C9H13BrN2/c10-8-6-11-9(12-8)7-4-2-1-3-5-7/h6-7H,1-5H2,(H,11,12). The minimum Gasteiger partial charge on any atom is -0.337 e. The van der Waals surface area contributed by atoms with Crippen LogP contribution in [0.15, 0.2) is 10.8 Å². The van der Waals surface area contributed by atoms with Gasteiger partial charge in [-0.05, 0) is 28.8 Å².